The molecule has 6 nitrogen and oxygen atoms in total. The van der Waals surface area contributed by atoms with Crippen LogP contribution in [0.15, 0.2) is 52.5 Å². The Bertz CT molecular complexity index is 746. The maximum absolute atomic E-state index is 12.7. The van der Waals surface area contributed by atoms with Crippen LogP contribution in [0, 0.1) is 5.92 Å². The van der Waals surface area contributed by atoms with Crippen LogP contribution in [-0.4, -0.2) is 46.7 Å². The molecular weight excluding hydrogens is 436 g/mol. The van der Waals surface area contributed by atoms with Crippen molar-refractivity contribution in [2.24, 2.45) is 5.92 Å². The van der Waals surface area contributed by atoms with Gasteiger partial charge in [0.2, 0.25) is 5.91 Å². The number of benzene rings is 1. The van der Waals surface area contributed by atoms with Gasteiger partial charge in [0.25, 0.3) is 5.91 Å². The number of likely N-dealkylation sites (N-methyl/N-ethyl adjacent to an activating group) is 1. The summed E-state index contributed by atoms with van der Waals surface area (Å²) < 4.78 is 0.874. The van der Waals surface area contributed by atoms with E-state index in [-0.39, 0.29) is 18.9 Å². The SMILES string of the molecule is CN(C(=O)c1ccc(Br)cc1)[C@H](CO)C[C@H](CCCC1=CC=CCC1)C(=O)NO. The van der Waals surface area contributed by atoms with E-state index in [4.69, 9.17) is 5.21 Å². The Morgan fingerprint density at radius 1 is 1.28 bits per heavy atom. The molecule has 0 unspecified atom stereocenters. The molecule has 0 saturated heterocycles. The van der Waals surface area contributed by atoms with Crippen LogP contribution in [-0.2, 0) is 4.79 Å². The smallest absolute Gasteiger partial charge is 0.253 e. The summed E-state index contributed by atoms with van der Waals surface area (Å²) in [5, 5.41) is 19.0. The molecule has 3 N–H and O–H groups in total. The number of aliphatic hydroxyl groups is 1. The minimum Gasteiger partial charge on any atom is -0.394 e. The van der Waals surface area contributed by atoms with Crippen LogP contribution in [0.4, 0.5) is 0 Å². The van der Waals surface area contributed by atoms with Gasteiger partial charge in [0.1, 0.15) is 0 Å². The monoisotopic (exact) mass is 464 g/mol. The van der Waals surface area contributed by atoms with E-state index in [2.05, 4.69) is 34.2 Å². The molecule has 1 aliphatic carbocycles. The molecule has 2 amide bonds. The number of aliphatic hydroxyl groups excluding tert-OH is 1. The first-order valence-corrected chi connectivity index (χ1v) is 10.7. The first-order chi connectivity index (χ1) is 14.0. The van der Waals surface area contributed by atoms with Gasteiger partial charge in [0.15, 0.2) is 0 Å². The molecule has 0 spiro atoms. The molecular formula is C22H29BrN2O4. The summed E-state index contributed by atoms with van der Waals surface area (Å²) in [5.41, 5.74) is 3.60. The summed E-state index contributed by atoms with van der Waals surface area (Å²) in [6, 6.07) is 6.46. The zero-order valence-electron chi connectivity index (χ0n) is 16.7. The van der Waals surface area contributed by atoms with E-state index in [1.54, 1.807) is 36.8 Å². The topological polar surface area (TPSA) is 89.9 Å². The van der Waals surface area contributed by atoms with Crippen molar-refractivity contribution in [1.82, 2.24) is 10.4 Å². The summed E-state index contributed by atoms with van der Waals surface area (Å²) in [7, 11) is 1.62. The second-order valence-corrected chi connectivity index (χ2v) is 8.27. The van der Waals surface area contributed by atoms with Crippen LogP contribution < -0.4 is 5.48 Å². The number of halogens is 1. The van der Waals surface area contributed by atoms with E-state index < -0.39 is 17.9 Å². The molecule has 1 aliphatic rings. The third-order valence-corrected chi connectivity index (χ3v) is 5.89. The number of nitrogens with one attached hydrogen (secondary N) is 1. The van der Waals surface area contributed by atoms with E-state index >= 15 is 0 Å². The molecule has 158 valence electrons. The summed E-state index contributed by atoms with van der Waals surface area (Å²) in [5.74, 6) is -1.19. The molecule has 0 radical (unpaired) electrons. The highest BCUT2D eigenvalue weighted by Gasteiger charge is 2.27. The number of amides is 2. The zero-order chi connectivity index (χ0) is 21.2. The molecule has 7 heteroatoms. The highest BCUT2D eigenvalue weighted by atomic mass is 79.9. The minimum atomic E-state index is -0.523. The Morgan fingerprint density at radius 2 is 2.00 bits per heavy atom. The maximum atomic E-state index is 12.7. The molecule has 0 saturated carbocycles. The van der Waals surface area contributed by atoms with Crippen LogP contribution in [0.1, 0.15) is 48.9 Å². The molecule has 1 aromatic carbocycles. The fraction of sp³-hybridized carbons (Fsp3) is 0.455. The van der Waals surface area contributed by atoms with E-state index in [9.17, 15) is 14.7 Å². The maximum Gasteiger partial charge on any atom is 0.253 e. The molecule has 0 heterocycles. The van der Waals surface area contributed by atoms with Gasteiger partial charge in [0.05, 0.1) is 12.6 Å². The zero-order valence-corrected chi connectivity index (χ0v) is 18.3. The summed E-state index contributed by atoms with van der Waals surface area (Å²) in [6.45, 7) is -0.260. The van der Waals surface area contributed by atoms with Gasteiger partial charge >= 0.3 is 0 Å². The fourth-order valence-electron chi connectivity index (χ4n) is 3.53. The summed E-state index contributed by atoms with van der Waals surface area (Å²) in [4.78, 5) is 26.4. The average Bonchev–Trinajstić information content (AvgIpc) is 2.76. The van der Waals surface area contributed by atoms with Crippen molar-refractivity contribution >= 4 is 27.7 Å². The third-order valence-electron chi connectivity index (χ3n) is 5.36. The number of carbonyl (C=O) groups is 2. The van der Waals surface area contributed by atoms with Gasteiger partial charge in [-0.15, -0.1) is 0 Å². The minimum absolute atomic E-state index is 0.223. The van der Waals surface area contributed by atoms with Crippen molar-refractivity contribution in [3.8, 4) is 0 Å². The van der Waals surface area contributed by atoms with Crippen LogP contribution in [0.25, 0.3) is 0 Å². The van der Waals surface area contributed by atoms with Gasteiger partial charge in [0, 0.05) is 23.0 Å². The summed E-state index contributed by atoms with van der Waals surface area (Å²) in [6.07, 6.45) is 10.9. The average molecular weight is 465 g/mol. The Kier molecular flexibility index (Phi) is 9.57. The number of nitrogens with zero attached hydrogens (tertiary/aromatic N) is 1. The largest absolute Gasteiger partial charge is 0.394 e. The molecule has 1 aromatic rings. The van der Waals surface area contributed by atoms with Crippen molar-refractivity contribution in [2.45, 2.75) is 44.6 Å². The number of hydrogen-bond donors (Lipinski definition) is 3. The molecule has 0 bridgehead atoms. The Labute approximate surface area is 180 Å². The standard InChI is InChI=1S/C22H29BrN2O4/c1-25(22(28)17-10-12-19(23)13-11-17)20(15-26)14-18(21(27)24-29)9-5-8-16-6-3-2-4-7-16/h2-3,6,10-13,18,20,26,29H,4-5,7-9,14-15H2,1H3,(H,24,27)/t18-,20-/m0/s1. The van der Waals surface area contributed by atoms with Crippen molar-refractivity contribution in [3.63, 3.8) is 0 Å². The lowest BCUT2D eigenvalue weighted by molar-refractivity contribution is -0.134. The van der Waals surface area contributed by atoms with Crippen LogP contribution >= 0.6 is 15.9 Å². The van der Waals surface area contributed by atoms with E-state index in [1.165, 1.54) is 10.5 Å². The highest BCUT2D eigenvalue weighted by molar-refractivity contribution is 9.10. The van der Waals surface area contributed by atoms with E-state index in [0.717, 1.165) is 30.2 Å². The quantitative estimate of drug-likeness (QED) is 0.362. The van der Waals surface area contributed by atoms with Crippen LogP contribution in [0.3, 0.4) is 0 Å². The predicted octanol–water partition coefficient (Wildman–Crippen LogP) is 3.84. The highest BCUT2D eigenvalue weighted by Crippen LogP contribution is 2.23. The van der Waals surface area contributed by atoms with E-state index in [0.29, 0.717) is 12.0 Å². The Hall–Kier alpha value is -1.96. The molecule has 2 rings (SSSR count). The van der Waals surface area contributed by atoms with Gasteiger partial charge in [-0.2, -0.15) is 0 Å². The van der Waals surface area contributed by atoms with E-state index in [1.807, 2.05) is 0 Å². The lowest BCUT2D eigenvalue weighted by atomic mass is 9.90. The molecule has 0 aliphatic heterocycles. The normalized spacial score (nSPS) is 15.4. The van der Waals surface area contributed by atoms with Crippen molar-refractivity contribution < 1.29 is 19.9 Å². The number of hydroxylamine groups is 1. The predicted molar refractivity (Wildman–Crippen MR) is 115 cm³/mol. The van der Waals surface area contributed by atoms with Gasteiger partial charge in [-0.25, -0.2) is 5.48 Å². The van der Waals surface area contributed by atoms with Gasteiger partial charge in [-0.3, -0.25) is 14.8 Å². The number of hydrogen-bond acceptors (Lipinski definition) is 4. The molecule has 2 atom stereocenters. The second kappa shape index (κ2) is 11.9. The Balaban J connectivity index is 1.99. The van der Waals surface area contributed by atoms with Gasteiger partial charge in [-0.1, -0.05) is 39.7 Å². The number of rotatable bonds is 10. The molecule has 0 aromatic heterocycles. The van der Waals surface area contributed by atoms with Crippen LogP contribution in [0.2, 0.25) is 0 Å². The summed E-state index contributed by atoms with van der Waals surface area (Å²) >= 11 is 3.34. The van der Waals surface area contributed by atoms with Crippen molar-refractivity contribution in [3.05, 3.63) is 58.1 Å². The molecule has 0 fully saturated rings. The van der Waals surface area contributed by atoms with Crippen LogP contribution in [0.5, 0.6) is 0 Å². The Morgan fingerprint density at radius 3 is 2.59 bits per heavy atom. The first-order valence-electron chi connectivity index (χ1n) is 9.88. The number of carbonyl (C=O) groups excluding carboxylic acids is 2. The van der Waals surface area contributed by atoms with Gasteiger partial charge in [-0.05, 0) is 62.8 Å². The van der Waals surface area contributed by atoms with Crippen molar-refractivity contribution in [1.29, 1.82) is 0 Å². The lowest BCUT2D eigenvalue weighted by Gasteiger charge is -2.29. The first kappa shape index (κ1) is 23.3. The second-order valence-electron chi connectivity index (χ2n) is 7.35. The number of allylic oxidation sites excluding steroid dienone is 4. The fourth-order valence-corrected chi connectivity index (χ4v) is 3.79. The van der Waals surface area contributed by atoms with Gasteiger partial charge < -0.3 is 10.0 Å². The third kappa shape index (κ3) is 7.10. The van der Waals surface area contributed by atoms with Crippen molar-refractivity contribution in [2.75, 3.05) is 13.7 Å². The lowest BCUT2D eigenvalue weighted by Crippen LogP contribution is -2.42. The molecule has 29 heavy (non-hydrogen) atoms.